The summed E-state index contributed by atoms with van der Waals surface area (Å²) in [7, 11) is 1.68. The molecule has 68 valence electrons. The Morgan fingerprint density at radius 3 is 3.00 bits per heavy atom. The van der Waals surface area contributed by atoms with Gasteiger partial charge in [-0.1, -0.05) is 0 Å². The summed E-state index contributed by atoms with van der Waals surface area (Å²) in [6.45, 7) is 3.39. The molecule has 1 atom stereocenters. The van der Waals surface area contributed by atoms with Gasteiger partial charge in [0.15, 0.2) is 0 Å². The highest BCUT2D eigenvalue weighted by Gasteiger charge is 2.03. The monoisotopic (exact) mass is 188 g/mol. The molecule has 0 aliphatic heterocycles. The smallest absolute Gasteiger partial charge is 0.0658 e. The minimum absolute atomic E-state index is 0.0290. The Morgan fingerprint density at radius 2 is 2.50 bits per heavy atom. The topological polar surface area (TPSA) is 27.1 Å². The fraction of sp³-hybridized carbons (Fsp3) is 0.625. The number of methoxy groups -OCH3 is 1. The molecular formula is C8H13ClN2O. The second-order valence-electron chi connectivity index (χ2n) is 2.65. The Kier molecular flexibility index (Phi) is 3.56. The molecule has 1 rings (SSSR count). The number of ether oxygens (including phenoxy) is 1. The molecule has 0 N–H and O–H groups in total. The van der Waals surface area contributed by atoms with E-state index in [1.54, 1.807) is 13.3 Å². The van der Waals surface area contributed by atoms with Crippen LogP contribution >= 0.6 is 11.6 Å². The first-order valence-electron chi connectivity index (χ1n) is 3.89. The zero-order valence-corrected chi connectivity index (χ0v) is 8.08. The van der Waals surface area contributed by atoms with Crippen LogP contribution in [0.3, 0.4) is 0 Å². The maximum atomic E-state index is 5.87. The maximum absolute atomic E-state index is 5.87. The molecule has 0 saturated carbocycles. The number of alkyl halides is 1. The molecule has 3 nitrogen and oxygen atoms in total. The molecule has 1 unspecified atom stereocenters. The first kappa shape index (κ1) is 9.55. The van der Waals surface area contributed by atoms with Crippen molar-refractivity contribution in [3.05, 3.63) is 18.0 Å². The van der Waals surface area contributed by atoms with Gasteiger partial charge in [0.05, 0.1) is 24.7 Å². The summed E-state index contributed by atoms with van der Waals surface area (Å²) in [5, 5.41) is 4.16. The summed E-state index contributed by atoms with van der Waals surface area (Å²) in [4.78, 5) is 0. The standard InChI is InChI=1S/C8H13ClN2O/c1-7(9)8-5-10-11(6-8)3-4-12-2/h5-7H,3-4H2,1-2H3. The lowest BCUT2D eigenvalue weighted by atomic mass is 10.3. The molecule has 0 amide bonds. The summed E-state index contributed by atoms with van der Waals surface area (Å²) in [5.74, 6) is 0. The van der Waals surface area contributed by atoms with E-state index in [0.717, 1.165) is 12.1 Å². The van der Waals surface area contributed by atoms with Gasteiger partial charge in [-0.3, -0.25) is 4.68 Å². The summed E-state index contributed by atoms with van der Waals surface area (Å²) in [6.07, 6.45) is 3.73. The highest BCUT2D eigenvalue weighted by Crippen LogP contribution is 2.17. The van der Waals surface area contributed by atoms with Crippen molar-refractivity contribution in [1.29, 1.82) is 0 Å². The Balaban J connectivity index is 2.52. The van der Waals surface area contributed by atoms with Gasteiger partial charge in [0.2, 0.25) is 0 Å². The fourth-order valence-electron chi connectivity index (χ4n) is 0.892. The molecule has 0 bridgehead atoms. The van der Waals surface area contributed by atoms with Gasteiger partial charge in [-0.25, -0.2) is 0 Å². The van der Waals surface area contributed by atoms with E-state index in [1.807, 2.05) is 17.8 Å². The zero-order chi connectivity index (χ0) is 8.97. The van der Waals surface area contributed by atoms with Crippen LogP contribution in [0.5, 0.6) is 0 Å². The van der Waals surface area contributed by atoms with Crippen molar-refractivity contribution in [1.82, 2.24) is 9.78 Å². The molecule has 0 aliphatic rings. The van der Waals surface area contributed by atoms with Gasteiger partial charge in [0.1, 0.15) is 0 Å². The molecule has 12 heavy (non-hydrogen) atoms. The third-order valence-corrected chi connectivity index (χ3v) is 1.89. The van der Waals surface area contributed by atoms with Crippen LogP contribution in [-0.4, -0.2) is 23.5 Å². The SMILES string of the molecule is COCCn1cc(C(C)Cl)cn1. The predicted molar refractivity (Wildman–Crippen MR) is 48.4 cm³/mol. The van der Waals surface area contributed by atoms with Gasteiger partial charge in [0, 0.05) is 18.9 Å². The number of hydrogen-bond acceptors (Lipinski definition) is 2. The number of nitrogens with zero attached hydrogens (tertiary/aromatic N) is 2. The van der Waals surface area contributed by atoms with E-state index in [2.05, 4.69) is 5.10 Å². The predicted octanol–water partition coefficient (Wildman–Crippen LogP) is 1.83. The van der Waals surface area contributed by atoms with Crippen LogP contribution in [-0.2, 0) is 11.3 Å². The number of aromatic nitrogens is 2. The Bertz CT molecular complexity index is 235. The van der Waals surface area contributed by atoms with Crippen LogP contribution in [0.15, 0.2) is 12.4 Å². The molecule has 1 heterocycles. The van der Waals surface area contributed by atoms with Gasteiger partial charge < -0.3 is 4.74 Å². The molecular weight excluding hydrogens is 176 g/mol. The third-order valence-electron chi connectivity index (χ3n) is 1.64. The quantitative estimate of drug-likeness (QED) is 0.675. The number of rotatable bonds is 4. The molecule has 0 aromatic carbocycles. The molecule has 0 saturated heterocycles. The molecule has 0 fully saturated rings. The van der Waals surface area contributed by atoms with E-state index in [9.17, 15) is 0 Å². The molecule has 0 aliphatic carbocycles. The van der Waals surface area contributed by atoms with E-state index < -0.39 is 0 Å². The Labute approximate surface area is 77.3 Å². The van der Waals surface area contributed by atoms with Gasteiger partial charge in [-0.05, 0) is 6.92 Å². The fourth-order valence-corrected chi connectivity index (χ4v) is 1.00. The van der Waals surface area contributed by atoms with E-state index in [-0.39, 0.29) is 5.38 Å². The minimum Gasteiger partial charge on any atom is -0.383 e. The van der Waals surface area contributed by atoms with Crippen LogP contribution in [0.4, 0.5) is 0 Å². The van der Waals surface area contributed by atoms with E-state index in [1.165, 1.54) is 0 Å². The highest BCUT2D eigenvalue weighted by molar-refractivity contribution is 6.20. The third kappa shape index (κ3) is 2.50. The number of halogens is 1. The van der Waals surface area contributed by atoms with Crippen LogP contribution < -0.4 is 0 Å². The molecule has 1 aromatic rings. The van der Waals surface area contributed by atoms with Crippen LogP contribution in [0.2, 0.25) is 0 Å². The van der Waals surface area contributed by atoms with Gasteiger partial charge in [-0.2, -0.15) is 5.10 Å². The summed E-state index contributed by atoms with van der Waals surface area (Å²) >= 11 is 5.87. The van der Waals surface area contributed by atoms with Crippen LogP contribution in [0.1, 0.15) is 17.9 Å². The Hall–Kier alpha value is -0.540. The molecule has 1 aromatic heterocycles. The van der Waals surface area contributed by atoms with Crippen molar-refractivity contribution in [2.75, 3.05) is 13.7 Å². The van der Waals surface area contributed by atoms with E-state index in [4.69, 9.17) is 16.3 Å². The van der Waals surface area contributed by atoms with Crippen LogP contribution in [0.25, 0.3) is 0 Å². The Morgan fingerprint density at radius 1 is 1.75 bits per heavy atom. The molecule has 4 heteroatoms. The van der Waals surface area contributed by atoms with Crippen molar-refractivity contribution >= 4 is 11.6 Å². The lowest BCUT2D eigenvalue weighted by Crippen LogP contribution is -2.03. The van der Waals surface area contributed by atoms with Gasteiger partial charge >= 0.3 is 0 Å². The van der Waals surface area contributed by atoms with E-state index >= 15 is 0 Å². The summed E-state index contributed by atoms with van der Waals surface area (Å²) in [6, 6.07) is 0. The number of hydrogen-bond donors (Lipinski definition) is 0. The average Bonchev–Trinajstić information content (AvgIpc) is 2.48. The lowest BCUT2D eigenvalue weighted by Gasteiger charge is -1.99. The second-order valence-corrected chi connectivity index (χ2v) is 3.30. The lowest BCUT2D eigenvalue weighted by molar-refractivity contribution is 0.183. The van der Waals surface area contributed by atoms with Gasteiger partial charge in [-0.15, -0.1) is 11.6 Å². The second kappa shape index (κ2) is 4.48. The highest BCUT2D eigenvalue weighted by atomic mass is 35.5. The summed E-state index contributed by atoms with van der Waals surface area (Å²) in [5.41, 5.74) is 1.05. The van der Waals surface area contributed by atoms with Crippen molar-refractivity contribution in [3.8, 4) is 0 Å². The van der Waals surface area contributed by atoms with Crippen molar-refractivity contribution in [2.24, 2.45) is 0 Å². The molecule has 0 radical (unpaired) electrons. The maximum Gasteiger partial charge on any atom is 0.0658 e. The average molecular weight is 189 g/mol. The normalized spacial score (nSPS) is 13.2. The summed E-state index contributed by atoms with van der Waals surface area (Å²) < 4.78 is 6.75. The molecule has 0 spiro atoms. The van der Waals surface area contributed by atoms with Crippen molar-refractivity contribution < 1.29 is 4.74 Å². The largest absolute Gasteiger partial charge is 0.383 e. The van der Waals surface area contributed by atoms with Crippen molar-refractivity contribution in [2.45, 2.75) is 18.8 Å². The van der Waals surface area contributed by atoms with E-state index in [0.29, 0.717) is 6.61 Å². The minimum atomic E-state index is 0.0290. The van der Waals surface area contributed by atoms with Crippen LogP contribution in [0, 0.1) is 0 Å². The van der Waals surface area contributed by atoms with Crippen molar-refractivity contribution in [3.63, 3.8) is 0 Å². The first-order chi connectivity index (χ1) is 5.74. The van der Waals surface area contributed by atoms with Gasteiger partial charge in [0.25, 0.3) is 0 Å². The zero-order valence-electron chi connectivity index (χ0n) is 7.33. The first-order valence-corrected chi connectivity index (χ1v) is 4.33.